The first kappa shape index (κ1) is 21.7. The lowest BCUT2D eigenvalue weighted by molar-refractivity contribution is -0.127. The summed E-state index contributed by atoms with van der Waals surface area (Å²) in [6.45, 7) is 5.36. The van der Waals surface area contributed by atoms with E-state index in [4.69, 9.17) is 0 Å². The average molecular weight is 408 g/mol. The summed E-state index contributed by atoms with van der Waals surface area (Å²) in [6, 6.07) is 16.5. The second-order valence-corrected chi connectivity index (χ2v) is 7.81. The zero-order chi connectivity index (χ0) is 21.5. The minimum atomic E-state index is -0.286. The number of amides is 2. The maximum atomic E-state index is 12.6. The van der Waals surface area contributed by atoms with E-state index in [0.29, 0.717) is 30.9 Å². The Morgan fingerprint density at radius 1 is 1.00 bits per heavy atom. The van der Waals surface area contributed by atoms with Crippen LogP contribution in [0.15, 0.2) is 54.6 Å². The third kappa shape index (κ3) is 5.76. The molecule has 0 spiro atoms. The molecule has 0 bridgehead atoms. The Balaban J connectivity index is 1.44. The van der Waals surface area contributed by atoms with Gasteiger partial charge in [-0.15, -0.1) is 0 Å². The molecule has 6 heteroatoms. The van der Waals surface area contributed by atoms with Gasteiger partial charge in [0.2, 0.25) is 11.8 Å². The monoisotopic (exact) mass is 407 g/mol. The second-order valence-electron chi connectivity index (χ2n) is 7.81. The van der Waals surface area contributed by atoms with Crippen LogP contribution in [0.1, 0.15) is 42.6 Å². The lowest BCUT2D eigenvalue weighted by Crippen LogP contribution is -2.48. The van der Waals surface area contributed by atoms with Gasteiger partial charge in [-0.3, -0.25) is 19.3 Å². The van der Waals surface area contributed by atoms with Gasteiger partial charge in [0.15, 0.2) is 5.78 Å². The molecule has 0 aromatic heterocycles. The minimum absolute atomic E-state index is 0.00285. The van der Waals surface area contributed by atoms with Crippen LogP contribution in [0.2, 0.25) is 0 Å². The third-order valence-electron chi connectivity index (χ3n) is 5.70. The highest BCUT2D eigenvalue weighted by Gasteiger charge is 2.29. The van der Waals surface area contributed by atoms with Crippen LogP contribution in [0.4, 0.5) is 5.69 Å². The van der Waals surface area contributed by atoms with E-state index in [2.05, 4.69) is 15.5 Å². The lowest BCUT2D eigenvalue weighted by Gasteiger charge is -2.34. The van der Waals surface area contributed by atoms with Gasteiger partial charge < -0.3 is 10.6 Å². The van der Waals surface area contributed by atoms with E-state index in [1.165, 1.54) is 6.92 Å². The Kier molecular flexibility index (Phi) is 7.36. The smallest absolute Gasteiger partial charge is 0.241 e. The van der Waals surface area contributed by atoms with Gasteiger partial charge in [0, 0.05) is 23.7 Å². The number of carbonyl (C=O) groups is 3. The van der Waals surface area contributed by atoms with E-state index < -0.39 is 0 Å². The predicted molar refractivity (Wildman–Crippen MR) is 117 cm³/mol. The Bertz CT molecular complexity index is 872. The summed E-state index contributed by atoms with van der Waals surface area (Å²) in [5.41, 5.74) is 2.38. The van der Waals surface area contributed by atoms with Gasteiger partial charge >= 0.3 is 0 Å². The Morgan fingerprint density at radius 2 is 1.63 bits per heavy atom. The van der Waals surface area contributed by atoms with E-state index in [0.717, 1.165) is 18.4 Å². The van der Waals surface area contributed by atoms with Crippen molar-refractivity contribution in [1.29, 1.82) is 0 Å². The molecule has 1 saturated heterocycles. The number of anilines is 1. The van der Waals surface area contributed by atoms with E-state index in [-0.39, 0.29) is 29.6 Å². The van der Waals surface area contributed by atoms with Crippen molar-refractivity contribution < 1.29 is 14.4 Å². The normalized spacial score (nSPS) is 15.9. The van der Waals surface area contributed by atoms with Crippen molar-refractivity contribution in [3.05, 3.63) is 65.7 Å². The lowest BCUT2D eigenvalue weighted by atomic mass is 9.94. The van der Waals surface area contributed by atoms with E-state index in [1.54, 1.807) is 24.3 Å². The summed E-state index contributed by atoms with van der Waals surface area (Å²) in [6.07, 6.45) is 1.48. The molecule has 1 aliphatic heterocycles. The van der Waals surface area contributed by atoms with Gasteiger partial charge in [-0.1, -0.05) is 30.3 Å². The third-order valence-corrected chi connectivity index (χ3v) is 5.70. The second kappa shape index (κ2) is 10.2. The first-order valence-electron chi connectivity index (χ1n) is 10.4. The van der Waals surface area contributed by atoms with Crippen molar-refractivity contribution in [2.45, 2.75) is 39.3 Å². The van der Waals surface area contributed by atoms with Crippen molar-refractivity contribution in [2.75, 3.05) is 18.4 Å². The molecule has 6 nitrogen and oxygen atoms in total. The van der Waals surface area contributed by atoms with Crippen LogP contribution in [0.25, 0.3) is 0 Å². The molecule has 158 valence electrons. The zero-order valence-electron chi connectivity index (χ0n) is 17.6. The molecule has 2 N–H and O–H groups in total. The molecule has 2 aromatic rings. The molecular formula is C24H29N3O3. The number of piperidine rings is 1. The number of Topliss-reactive ketones (excluding diaryl/α,β-unsaturated/α-hetero) is 1. The fourth-order valence-corrected chi connectivity index (χ4v) is 3.68. The van der Waals surface area contributed by atoms with Crippen LogP contribution in [-0.4, -0.2) is 41.6 Å². The number of benzene rings is 2. The van der Waals surface area contributed by atoms with Crippen molar-refractivity contribution in [2.24, 2.45) is 5.92 Å². The predicted octanol–water partition coefficient (Wildman–Crippen LogP) is 3.24. The fourth-order valence-electron chi connectivity index (χ4n) is 3.68. The first-order chi connectivity index (χ1) is 14.4. The summed E-state index contributed by atoms with van der Waals surface area (Å²) < 4.78 is 0. The van der Waals surface area contributed by atoms with Crippen LogP contribution in [-0.2, 0) is 16.1 Å². The van der Waals surface area contributed by atoms with Crippen molar-refractivity contribution in [3.8, 4) is 0 Å². The zero-order valence-corrected chi connectivity index (χ0v) is 17.6. The quantitative estimate of drug-likeness (QED) is 0.691. The molecule has 1 fully saturated rings. The number of likely N-dealkylation sites (tertiary alicyclic amines) is 1. The van der Waals surface area contributed by atoms with Gasteiger partial charge in [-0.05, 0) is 69.6 Å². The number of nitrogens with zero attached hydrogens (tertiary/aromatic N) is 1. The van der Waals surface area contributed by atoms with Crippen molar-refractivity contribution >= 4 is 23.3 Å². The molecule has 2 aromatic carbocycles. The number of carbonyl (C=O) groups excluding carboxylic acids is 3. The molecule has 3 rings (SSSR count). The van der Waals surface area contributed by atoms with E-state index in [1.807, 2.05) is 37.3 Å². The molecule has 1 atom stereocenters. The number of nitrogens with one attached hydrogen (secondary N) is 2. The van der Waals surface area contributed by atoms with Crippen molar-refractivity contribution in [1.82, 2.24) is 10.2 Å². The fraction of sp³-hybridized carbons (Fsp3) is 0.375. The van der Waals surface area contributed by atoms with Gasteiger partial charge in [0.25, 0.3) is 0 Å². The van der Waals surface area contributed by atoms with Crippen molar-refractivity contribution in [3.63, 3.8) is 0 Å². The Hall–Kier alpha value is -2.99. The van der Waals surface area contributed by atoms with Crippen LogP contribution in [0.3, 0.4) is 0 Å². The van der Waals surface area contributed by atoms with Crippen LogP contribution >= 0.6 is 0 Å². The molecule has 0 radical (unpaired) electrons. The van der Waals surface area contributed by atoms with E-state index in [9.17, 15) is 14.4 Å². The maximum absolute atomic E-state index is 12.6. The summed E-state index contributed by atoms with van der Waals surface area (Å²) in [5.74, 6) is -0.0185. The first-order valence-corrected chi connectivity index (χ1v) is 10.4. The highest BCUT2D eigenvalue weighted by atomic mass is 16.2. The van der Waals surface area contributed by atoms with Gasteiger partial charge in [-0.25, -0.2) is 0 Å². The SMILES string of the molecule is CC(=O)c1ccc(NC(=O)C(C)N2CCC(C(=O)NCc3ccccc3)CC2)cc1. The maximum Gasteiger partial charge on any atom is 0.241 e. The van der Waals surface area contributed by atoms with Crippen LogP contribution < -0.4 is 10.6 Å². The topological polar surface area (TPSA) is 78.5 Å². The highest BCUT2D eigenvalue weighted by molar-refractivity contribution is 5.97. The number of rotatable bonds is 7. The summed E-state index contributed by atoms with van der Waals surface area (Å²) in [7, 11) is 0. The van der Waals surface area contributed by atoms with Crippen LogP contribution in [0, 0.1) is 5.92 Å². The van der Waals surface area contributed by atoms with E-state index >= 15 is 0 Å². The Labute approximate surface area is 177 Å². The summed E-state index contributed by atoms with van der Waals surface area (Å²) in [4.78, 5) is 38.5. The summed E-state index contributed by atoms with van der Waals surface area (Å²) in [5, 5.41) is 5.93. The van der Waals surface area contributed by atoms with Gasteiger partial charge in [0.05, 0.1) is 6.04 Å². The molecule has 30 heavy (non-hydrogen) atoms. The molecule has 0 aliphatic carbocycles. The van der Waals surface area contributed by atoms with Gasteiger partial charge in [-0.2, -0.15) is 0 Å². The minimum Gasteiger partial charge on any atom is -0.352 e. The van der Waals surface area contributed by atoms with Gasteiger partial charge in [0.1, 0.15) is 0 Å². The number of ketones is 1. The molecule has 1 aliphatic rings. The average Bonchev–Trinajstić information content (AvgIpc) is 2.78. The van der Waals surface area contributed by atoms with Crippen LogP contribution in [0.5, 0.6) is 0 Å². The number of hydrogen-bond acceptors (Lipinski definition) is 4. The molecule has 0 saturated carbocycles. The molecule has 1 heterocycles. The molecular weight excluding hydrogens is 378 g/mol. The Morgan fingerprint density at radius 3 is 2.23 bits per heavy atom. The highest BCUT2D eigenvalue weighted by Crippen LogP contribution is 2.20. The largest absolute Gasteiger partial charge is 0.352 e. The standard InChI is InChI=1S/C24H29N3O3/c1-17(23(29)26-22-10-8-20(9-11-22)18(2)28)27-14-12-21(13-15-27)24(30)25-16-19-6-4-3-5-7-19/h3-11,17,21H,12-16H2,1-2H3,(H,25,30)(H,26,29). The summed E-state index contributed by atoms with van der Waals surface area (Å²) >= 11 is 0. The molecule has 2 amide bonds. The molecule has 1 unspecified atom stereocenters. The number of hydrogen-bond donors (Lipinski definition) is 2.